The predicted molar refractivity (Wildman–Crippen MR) is 85.8 cm³/mol. The molecule has 1 heterocycles. The summed E-state index contributed by atoms with van der Waals surface area (Å²) in [5.41, 5.74) is 1.39. The van der Waals surface area contributed by atoms with E-state index in [1.165, 1.54) is 5.56 Å². The van der Waals surface area contributed by atoms with Crippen LogP contribution in [-0.4, -0.2) is 24.2 Å². The van der Waals surface area contributed by atoms with Gasteiger partial charge in [-0.05, 0) is 18.6 Å². The molecule has 0 fully saturated rings. The van der Waals surface area contributed by atoms with Crippen LogP contribution in [0.1, 0.15) is 18.9 Å². The predicted octanol–water partition coefficient (Wildman–Crippen LogP) is -0.297. The summed E-state index contributed by atoms with van der Waals surface area (Å²) in [6.45, 7) is 3.98. The number of ether oxygens (including phenoxy) is 1. The topological polar surface area (TPSA) is 38.7 Å². The number of nitrogens with zero attached hydrogens (tertiary/aromatic N) is 1. The van der Waals surface area contributed by atoms with Crippen LogP contribution in [0.25, 0.3) is 0 Å². The van der Waals surface area contributed by atoms with Crippen LogP contribution < -0.4 is 22.5 Å². The van der Waals surface area contributed by atoms with Crippen molar-refractivity contribution in [1.82, 2.24) is 4.98 Å². The molecule has 0 amide bonds. The Morgan fingerprint density at radius 3 is 2.64 bits per heavy atom. The van der Waals surface area contributed by atoms with Gasteiger partial charge in [0.2, 0.25) is 5.88 Å². The third-order valence-electron chi connectivity index (χ3n) is 3.26. The van der Waals surface area contributed by atoms with Crippen LogP contribution in [0.5, 0.6) is 5.88 Å². The first-order valence-electron chi connectivity index (χ1n) is 7.36. The van der Waals surface area contributed by atoms with E-state index < -0.39 is 0 Å². The average molecular weight is 341 g/mol. The normalized spacial score (nSPS) is 11.5. The molecule has 120 valence electrons. The molecule has 0 aliphatic heterocycles. The molecule has 1 atom stereocenters. The summed E-state index contributed by atoms with van der Waals surface area (Å²) >= 11 is 5.81. The molecule has 0 spiro atoms. The van der Waals surface area contributed by atoms with E-state index >= 15 is 0 Å². The third kappa shape index (κ3) is 7.12. The number of aromatic nitrogens is 1. The first-order chi connectivity index (χ1) is 10.2. The second-order valence-corrected chi connectivity index (χ2v) is 5.58. The molecule has 1 unspecified atom stereocenters. The summed E-state index contributed by atoms with van der Waals surface area (Å²) < 4.78 is 5.57. The number of hydrogen-bond donors (Lipinski definition) is 1. The van der Waals surface area contributed by atoms with E-state index in [-0.39, 0.29) is 12.4 Å². The van der Waals surface area contributed by atoms with Gasteiger partial charge in [-0.15, -0.1) is 0 Å². The third-order valence-corrected chi connectivity index (χ3v) is 3.47. The Labute approximate surface area is 143 Å². The monoisotopic (exact) mass is 340 g/mol. The van der Waals surface area contributed by atoms with E-state index in [0.29, 0.717) is 23.7 Å². The van der Waals surface area contributed by atoms with Crippen molar-refractivity contribution in [2.45, 2.75) is 25.8 Å². The number of rotatable bonds is 8. The van der Waals surface area contributed by atoms with Gasteiger partial charge < -0.3 is 22.5 Å². The standard InChI is InChI=1S/C17H21ClN2O.ClH/c1-14(13-15-7-3-2-4-8-15)19-11-6-12-21-17-10-5-9-16(18)20-17;/h2-5,7-10,14,19H,6,11-13H2,1H3;1H. The van der Waals surface area contributed by atoms with Crippen molar-refractivity contribution < 1.29 is 22.5 Å². The smallest absolute Gasteiger partial charge is 0.214 e. The van der Waals surface area contributed by atoms with Crippen LogP contribution in [0.3, 0.4) is 0 Å². The first kappa shape index (κ1) is 18.8. The van der Waals surface area contributed by atoms with Gasteiger partial charge in [-0.3, -0.25) is 0 Å². The highest BCUT2D eigenvalue weighted by atomic mass is 35.5. The fourth-order valence-electron chi connectivity index (χ4n) is 2.20. The van der Waals surface area contributed by atoms with Crippen molar-refractivity contribution >= 4 is 11.6 Å². The second kappa shape index (κ2) is 10.4. The van der Waals surface area contributed by atoms with Crippen LogP contribution in [0.4, 0.5) is 0 Å². The highest BCUT2D eigenvalue weighted by molar-refractivity contribution is 6.29. The molecule has 2 rings (SSSR count). The van der Waals surface area contributed by atoms with Gasteiger partial charge in [0.25, 0.3) is 0 Å². The van der Waals surface area contributed by atoms with Gasteiger partial charge in [-0.1, -0.05) is 48.0 Å². The number of benzene rings is 1. The summed E-state index contributed by atoms with van der Waals surface area (Å²) in [6.07, 6.45) is 2.09. The van der Waals surface area contributed by atoms with Gasteiger partial charge in [0, 0.05) is 18.9 Å². The summed E-state index contributed by atoms with van der Waals surface area (Å²) in [6, 6.07) is 16.6. The minimum absolute atomic E-state index is 0. The average Bonchev–Trinajstić information content (AvgIpc) is 2.48. The lowest BCUT2D eigenvalue weighted by atomic mass is 10.1. The van der Waals surface area contributed by atoms with Gasteiger partial charge in [0.15, 0.2) is 0 Å². The number of pyridine rings is 1. The number of quaternary nitrogens is 1. The lowest BCUT2D eigenvalue weighted by molar-refractivity contribution is -0.686. The minimum atomic E-state index is 0. The van der Waals surface area contributed by atoms with Crippen LogP contribution in [0.15, 0.2) is 48.5 Å². The molecular weight excluding hydrogens is 319 g/mol. The fourth-order valence-corrected chi connectivity index (χ4v) is 2.36. The summed E-state index contributed by atoms with van der Waals surface area (Å²) in [7, 11) is 0. The summed E-state index contributed by atoms with van der Waals surface area (Å²) in [5.74, 6) is 0.597. The Bertz CT molecular complexity index is 537. The van der Waals surface area contributed by atoms with Gasteiger partial charge in [0.1, 0.15) is 5.15 Å². The zero-order valence-corrected chi connectivity index (χ0v) is 14.2. The molecule has 2 N–H and O–H groups in total. The van der Waals surface area contributed by atoms with Gasteiger partial charge >= 0.3 is 0 Å². The Morgan fingerprint density at radius 1 is 1.14 bits per heavy atom. The Morgan fingerprint density at radius 2 is 1.91 bits per heavy atom. The van der Waals surface area contributed by atoms with Crippen molar-refractivity contribution in [2.75, 3.05) is 13.2 Å². The van der Waals surface area contributed by atoms with Crippen LogP contribution in [0.2, 0.25) is 5.15 Å². The Balaban J connectivity index is 0.00000242. The quantitative estimate of drug-likeness (QED) is 0.529. The molecule has 2 aromatic rings. The molecule has 22 heavy (non-hydrogen) atoms. The summed E-state index contributed by atoms with van der Waals surface area (Å²) in [5, 5.41) is 2.83. The van der Waals surface area contributed by atoms with Crippen LogP contribution in [0, 0.1) is 0 Å². The van der Waals surface area contributed by atoms with E-state index in [2.05, 4.69) is 47.6 Å². The summed E-state index contributed by atoms with van der Waals surface area (Å²) in [4.78, 5) is 4.09. The number of halogens is 2. The maximum atomic E-state index is 5.81. The molecule has 0 aliphatic carbocycles. The number of nitrogens with two attached hydrogens (primary N) is 1. The molecule has 0 bridgehead atoms. The van der Waals surface area contributed by atoms with Gasteiger partial charge in [-0.25, -0.2) is 4.98 Å². The van der Waals surface area contributed by atoms with E-state index in [9.17, 15) is 0 Å². The SMILES string of the molecule is CC(Cc1ccccc1)[NH2+]CCCOc1cccc(Cl)n1.[Cl-]. The van der Waals surface area contributed by atoms with E-state index in [1.807, 2.05) is 12.1 Å². The van der Waals surface area contributed by atoms with E-state index in [0.717, 1.165) is 19.4 Å². The van der Waals surface area contributed by atoms with Crippen molar-refractivity contribution in [2.24, 2.45) is 0 Å². The lowest BCUT2D eigenvalue weighted by Crippen LogP contribution is -3.00. The molecule has 0 aliphatic rings. The molecule has 3 nitrogen and oxygen atoms in total. The van der Waals surface area contributed by atoms with Crippen LogP contribution >= 0.6 is 11.6 Å². The zero-order chi connectivity index (χ0) is 14.9. The molecule has 0 saturated carbocycles. The maximum absolute atomic E-state index is 5.81. The molecular formula is C17H22Cl2N2O. The molecule has 0 radical (unpaired) electrons. The fraction of sp³-hybridized carbons (Fsp3) is 0.353. The second-order valence-electron chi connectivity index (χ2n) is 5.19. The molecule has 1 aromatic carbocycles. The van der Waals surface area contributed by atoms with Crippen LogP contribution in [-0.2, 0) is 6.42 Å². The van der Waals surface area contributed by atoms with Gasteiger partial charge in [-0.2, -0.15) is 0 Å². The van der Waals surface area contributed by atoms with Crippen molar-refractivity contribution in [1.29, 1.82) is 0 Å². The number of hydrogen-bond acceptors (Lipinski definition) is 2. The van der Waals surface area contributed by atoms with Crippen molar-refractivity contribution in [3.05, 3.63) is 59.2 Å². The van der Waals surface area contributed by atoms with E-state index in [4.69, 9.17) is 16.3 Å². The van der Waals surface area contributed by atoms with E-state index in [1.54, 1.807) is 6.07 Å². The lowest BCUT2D eigenvalue weighted by Gasteiger charge is -2.11. The largest absolute Gasteiger partial charge is 1.00 e. The molecule has 1 aromatic heterocycles. The van der Waals surface area contributed by atoms with Crippen molar-refractivity contribution in [3.8, 4) is 5.88 Å². The minimum Gasteiger partial charge on any atom is -1.00 e. The Kier molecular flexibility index (Phi) is 8.90. The highest BCUT2D eigenvalue weighted by Crippen LogP contribution is 2.11. The zero-order valence-electron chi connectivity index (χ0n) is 12.7. The molecule has 5 heteroatoms. The maximum Gasteiger partial charge on any atom is 0.214 e. The first-order valence-corrected chi connectivity index (χ1v) is 7.74. The van der Waals surface area contributed by atoms with Gasteiger partial charge in [0.05, 0.1) is 19.2 Å². The Hall–Kier alpha value is -1.29. The molecule has 0 saturated heterocycles. The highest BCUT2D eigenvalue weighted by Gasteiger charge is 2.05. The van der Waals surface area contributed by atoms with Crippen molar-refractivity contribution in [3.63, 3.8) is 0 Å².